The summed E-state index contributed by atoms with van der Waals surface area (Å²) in [6.45, 7) is 0. The third kappa shape index (κ3) is 3.32. The quantitative estimate of drug-likeness (QED) is 0.605. The fourth-order valence-electron chi connectivity index (χ4n) is 3.82. The third-order valence-corrected chi connectivity index (χ3v) is 5.34. The Kier molecular flexibility index (Phi) is 5.52. The van der Waals surface area contributed by atoms with Gasteiger partial charge in [-0.05, 0) is 29.8 Å². The molecule has 0 amide bonds. The molecule has 1 aliphatic rings. The second-order valence-corrected chi connectivity index (χ2v) is 6.93. The number of ether oxygens (including phenoxy) is 5. The number of methoxy groups -OCH3 is 4. The molecule has 0 radical (unpaired) electrons. The van der Waals surface area contributed by atoms with Gasteiger partial charge in [0.2, 0.25) is 17.5 Å². The van der Waals surface area contributed by atoms with Crippen molar-refractivity contribution in [2.24, 2.45) is 5.73 Å². The highest BCUT2D eigenvalue weighted by Gasteiger charge is 2.36. The van der Waals surface area contributed by atoms with Gasteiger partial charge in [-0.25, -0.2) is 0 Å². The van der Waals surface area contributed by atoms with Crippen LogP contribution in [0, 0.1) is 11.3 Å². The first-order valence-corrected chi connectivity index (χ1v) is 9.66. The number of nitrogens with two attached hydrogens (primary N) is 1. The van der Waals surface area contributed by atoms with Gasteiger partial charge in [0.15, 0.2) is 11.5 Å². The highest BCUT2D eigenvalue weighted by Crippen LogP contribution is 2.48. The number of allylic oxidation sites excluding steroid dienone is 1. The average molecular weight is 434 g/mol. The number of aromatic nitrogens is 2. The van der Waals surface area contributed by atoms with E-state index in [-0.39, 0.29) is 11.5 Å². The molecule has 1 aromatic heterocycles. The molecule has 0 saturated heterocycles. The van der Waals surface area contributed by atoms with Crippen LogP contribution in [0.2, 0.25) is 0 Å². The van der Waals surface area contributed by atoms with Crippen molar-refractivity contribution in [2.75, 3.05) is 28.4 Å². The molecule has 164 valence electrons. The van der Waals surface area contributed by atoms with E-state index in [9.17, 15) is 5.26 Å². The minimum Gasteiger partial charge on any atom is -0.497 e. The standard InChI is InChI=1S/C23H22N4O5/c1-28-14-7-5-12(6-8-14)18-15(11-24)22(25)32-23-19(18)20(26-27-23)13-9-16(29-2)21(31-4)17(10-13)30-3/h5-10,18H,25H2,1-4H3,(H,26,27)/t18-/m1/s1. The molecule has 9 nitrogen and oxygen atoms in total. The number of hydrogen-bond donors (Lipinski definition) is 2. The zero-order chi connectivity index (χ0) is 22.8. The molecular weight excluding hydrogens is 412 g/mol. The molecule has 1 atom stereocenters. The van der Waals surface area contributed by atoms with Crippen molar-refractivity contribution < 1.29 is 23.7 Å². The van der Waals surface area contributed by atoms with E-state index in [4.69, 9.17) is 29.4 Å². The van der Waals surface area contributed by atoms with Crippen LogP contribution in [0.4, 0.5) is 0 Å². The van der Waals surface area contributed by atoms with Crippen molar-refractivity contribution in [1.82, 2.24) is 10.2 Å². The number of nitriles is 1. The maximum Gasteiger partial charge on any atom is 0.244 e. The van der Waals surface area contributed by atoms with E-state index >= 15 is 0 Å². The molecule has 0 fully saturated rings. The number of aromatic amines is 1. The molecule has 0 saturated carbocycles. The van der Waals surface area contributed by atoms with E-state index in [0.717, 1.165) is 5.56 Å². The normalized spacial score (nSPS) is 14.8. The van der Waals surface area contributed by atoms with Gasteiger partial charge in [-0.3, -0.25) is 5.10 Å². The Labute approximate surface area is 184 Å². The zero-order valence-corrected chi connectivity index (χ0v) is 18.1. The fourth-order valence-corrected chi connectivity index (χ4v) is 3.82. The van der Waals surface area contributed by atoms with Crippen molar-refractivity contribution in [3.63, 3.8) is 0 Å². The first-order valence-electron chi connectivity index (χ1n) is 9.66. The van der Waals surface area contributed by atoms with Crippen LogP contribution < -0.4 is 29.4 Å². The van der Waals surface area contributed by atoms with Crippen molar-refractivity contribution in [3.8, 4) is 46.2 Å². The molecule has 4 rings (SSSR count). The van der Waals surface area contributed by atoms with Gasteiger partial charge in [0.25, 0.3) is 0 Å². The summed E-state index contributed by atoms with van der Waals surface area (Å²) < 4.78 is 27.3. The highest BCUT2D eigenvalue weighted by molar-refractivity contribution is 5.75. The van der Waals surface area contributed by atoms with Gasteiger partial charge in [-0.2, -0.15) is 5.26 Å². The number of hydrogen-bond acceptors (Lipinski definition) is 8. The first kappa shape index (κ1) is 20.9. The molecule has 0 unspecified atom stereocenters. The second-order valence-electron chi connectivity index (χ2n) is 6.93. The summed E-state index contributed by atoms with van der Waals surface area (Å²) in [4.78, 5) is 0. The van der Waals surface area contributed by atoms with Crippen LogP contribution in [0.1, 0.15) is 17.0 Å². The molecule has 0 spiro atoms. The maximum absolute atomic E-state index is 9.87. The molecule has 2 heterocycles. The van der Waals surface area contributed by atoms with E-state index in [0.29, 0.717) is 45.7 Å². The van der Waals surface area contributed by atoms with Crippen molar-refractivity contribution in [3.05, 3.63) is 59.0 Å². The van der Waals surface area contributed by atoms with Gasteiger partial charge in [0.05, 0.1) is 45.6 Å². The van der Waals surface area contributed by atoms with Crippen LogP contribution in [0.15, 0.2) is 47.9 Å². The molecule has 9 heteroatoms. The van der Waals surface area contributed by atoms with Crippen molar-refractivity contribution in [1.29, 1.82) is 5.26 Å². The molecule has 32 heavy (non-hydrogen) atoms. The molecule has 3 N–H and O–H groups in total. The summed E-state index contributed by atoms with van der Waals surface area (Å²) in [7, 11) is 6.23. The molecule has 3 aromatic rings. The molecule has 0 bridgehead atoms. The number of nitrogens with zero attached hydrogens (tertiary/aromatic N) is 2. The van der Waals surface area contributed by atoms with E-state index < -0.39 is 5.92 Å². The Morgan fingerprint density at radius 1 is 1.00 bits per heavy atom. The fraction of sp³-hybridized carbons (Fsp3) is 0.217. The Hall–Kier alpha value is -4.32. The Morgan fingerprint density at radius 2 is 1.66 bits per heavy atom. The summed E-state index contributed by atoms with van der Waals surface area (Å²) in [6, 6.07) is 13.2. The summed E-state index contributed by atoms with van der Waals surface area (Å²) >= 11 is 0. The molecule has 2 aromatic carbocycles. The van der Waals surface area contributed by atoms with Gasteiger partial charge < -0.3 is 29.4 Å². The van der Waals surface area contributed by atoms with E-state index in [1.807, 2.05) is 24.3 Å². The van der Waals surface area contributed by atoms with Gasteiger partial charge in [-0.1, -0.05) is 12.1 Å². The minimum absolute atomic E-state index is 0.0174. The Balaban J connectivity index is 1.93. The Morgan fingerprint density at radius 3 is 2.19 bits per heavy atom. The largest absolute Gasteiger partial charge is 0.497 e. The monoisotopic (exact) mass is 434 g/mol. The summed E-state index contributed by atoms with van der Waals surface area (Å²) in [5.74, 6) is 1.96. The average Bonchev–Trinajstić information content (AvgIpc) is 3.25. The SMILES string of the molecule is COc1ccc([C@@H]2C(C#N)=C(N)Oc3n[nH]c(-c4cc(OC)c(OC)c(OC)c4)c32)cc1. The predicted octanol–water partition coefficient (Wildman–Crippen LogP) is 3.33. The smallest absolute Gasteiger partial charge is 0.244 e. The van der Waals surface area contributed by atoms with Gasteiger partial charge in [0.1, 0.15) is 17.4 Å². The lowest BCUT2D eigenvalue weighted by Crippen LogP contribution is -2.21. The first-order chi connectivity index (χ1) is 15.6. The van der Waals surface area contributed by atoms with E-state index in [2.05, 4.69) is 16.3 Å². The zero-order valence-electron chi connectivity index (χ0n) is 18.1. The highest BCUT2D eigenvalue weighted by atomic mass is 16.5. The lowest BCUT2D eigenvalue weighted by Gasteiger charge is -2.24. The topological polar surface area (TPSA) is 125 Å². The van der Waals surface area contributed by atoms with Crippen molar-refractivity contribution >= 4 is 0 Å². The summed E-state index contributed by atoms with van der Waals surface area (Å²) in [5.41, 5.74) is 9.22. The van der Waals surface area contributed by atoms with E-state index in [1.54, 1.807) is 40.6 Å². The van der Waals surface area contributed by atoms with E-state index in [1.165, 1.54) is 0 Å². The van der Waals surface area contributed by atoms with Crippen LogP contribution in [-0.2, 0) is 0 Å². The third-order valence-electron chi connectivity index (χ3n) is 5.34. The molecule has 0 aliphatic carbocycles. The van der Waals surface area contributed by atoms with Crippen LogP contribution in [0.25, 0.3) is 11.3 Å². The van der Waals surface area contributed by atoms with Crippen molar-refractivity contribution in [2.45, 2.75) is 5.92 Å². The number of benzene rings is 2. The Bertz CT molecular complexity index is 1200. The minimum atomic E-state index is -0.498. The lowest BCUT2D eigenvalue weighted by atomic mass is 9.83. The van der Waals surface area contributed by atoms with Crippen LogP contribution in [-0.4, -0.2) is 38.6 Å². The van der Waals surface area contributed by atoms with Crippen LogP contribution in [0.3, 0.4) is 0 Å². The van der Waals surface area contributed by atoms with Gasteiger partial charge in [0, 0.05) is 5.56 Å². The molecular formula is C23H22N4O5. The van der Waals surface area contributed by atoms with Gasteiger partial charge >= 0.3 is 0 Å². The number of H-pyrrole nitrogens is 1. The van der Waals surface area contributed by atoms with Crippen LogP contribution >= 0.6 is 0 Å². The summed E-state index contributed by atoms with van der Waals surface area (Å²) in [6.07, 6.45) is 0. The number of rotatable bonds is 6. The number of fused-ring (bicyclic) bond motifs is 1. The lowest BCUT2D eigenvalue weighted by molar-refractivity contribution is 0.324. The predicted molar refractivity (Wildman–Crippen MR) is 116 cm³/mol. The second kappa shape index (κ2) is 8.43. The molecule has 1 aliphatic heterocycles. The van der Waals surface area contributed by atoms with Crippen LogP contribution in [0.5, 0.6) is 28.9 Å². The maximum atomic E-state index is 9.87. The van der Waals surface area contributed by atoms with Gasteiger partial charge in [-0.15, -0.1) is 5.10 Å². The summed E-state index contributed by atoms with van der Waals surface area (Å²) in [5, 5.41) is 17.2. The number of nitrogens with one attached hydrogen (secondary N) is 1.